The van der Waals surface area contributed by atoms with Crippen molar-refractivity contribution in [2.75, 3.05) is 0 Å². The van der Waals surface area contributed by atoms with Gasteiger partial charge < -0.3 is 14.5 Å². The summed E-state index contributed by atoms with van der Waals surface area (Å²) in [5.41, 5.74) is 11.4. The Morgan fingerprint density at radius 2 is 1.07 bits per heavy atom. The van der Waals surface area contributed by atoms with Crippen LogP contribution in [0.25, 0.3) is 66.1 Å². The molecule has 3 heterocycles. The van der Waals surface area contributed by atoms with Crippen LogP contribution < -0.4 is 5.32 Å². The first-order valence-corrected chi connectivity index (χ1v) is 19.3. The van der Waals surface area contributed by atoms with Gasteiger partial charge in [-0.25, -0.2) is 9.98 Å². The van der Waals surface area contributed by atoms with Gasteiger partial charge in [0.2, 0.25) is 0 Å². The zero-order valence-corrected chi connectivity index (χ0v) is 30.6. The Kier molecular flexibility index (Phi) is 7.62. The summed E-state index contributed by atoms with van der Waals surface area (Å²) in [6.45, 7) is 0. The highest BCUT2D eigenvalue weighted by atomic mass is 15.2. The third kappa shape index (κ3) is 5.39. The second-order valence-corrected chi connectivity index (χ2v) is 14.6. The summed E-state index contributed by atoms with van der Waals surface area (Å²) in [6.07, 6.45) is 9.15. The van der Waals surface area contributed by atoms with E-state index in [1.165, 1.54) is 49.2 Å². The lowest BCUT2D eigenvalue weighted by Crippen LogP contribution is -2.39. The molecule has 5 nitrogen and oxygen atoms in total. The molecule has 9 aromatic rings. The molecule has 0 fully saturated rings. The van der Waals surface area contributed by atoms with Crippen LogP contribution in [0.5, 0.6) is 0 Å². The summed E-state index contributed by atoms with van der Waals surface area (Å²) in [6, 6.07) is 60.9. The molecule has 1 N–H and O–H groups in total. The Morgan fingerprint density at radius 3 is 1.77 bits per heavy atom. The molecular formula is C51H37N5. The SMILES string of the molecule is C1=CCC(C2=NC(c3cccc(-n4c5ccccc5c5cc6c7ccccc7n(-c7ccccc7)c6cc54)c3)N=C(c3ccc(-c4ccccc4)cc3)N2)C=C1. The highest BCUT2D eigenvalue weighted by Gasteiger charge is 2.25. The van der Waals surface area contributed by atoms with Gasteiger partial charge in [0.15, 0.2) is 6.17 Å². The maximum absolute atomic E-state index is 5.29. The van der Waals surface area contributed by atoms with E-state index in [-0.39, 0.29) is 5.92 Å². The van der Waals surface area contributed by atoms with Crippen LogP contribution in [0.2, 0.25) is 0 Å². The highest BCUT2D eigenvalue weighted by Crippen LogP contribution is 2.40. The van der Waals surface area contributed by atoms with Gasteiger partial charge in [-0.2, -0.15) is 0 Å². The minimum Gasteiger partial charge on any atom is -0.328 e. The van der Waals surface area contributed by atoms with Gasteiger partial charge in [-0.3, -0.25) is 0 Å². The summed E-state index contributed by atoms with van der Waals surface area (Å²) < 4.78 is 4.80. The van der Waals surface area contributed by atoms with E-state index >= 15 is 0 Å². The number of hydrogen-bond donors (Lipinski definition) is 1. The number of hydrogen-bond acceptors (Lipinski definition) is 3. The van der Waals surface area contributed by atoms with Crippen molar-refractivity contribution in [3.05, 3.63) is 205 Å². The fourth-order valence-electron chi connectivity index (χ4n) is 8.58. The van der Waals surface area contributed by atoms with Gasteiger partial charge in [0.25, 0.3) is 0 Å². The van der Waals surface area contributed by atoms with Gasteiger partial charge >= 0.3 is 0 Å². The minimum atomic E-state index is -0.408. The molecule has 0 bridgehead atoms. The van der Waals surface area contributed by atoms with Crippen molar-refractivity contribution >= 4 is 55.3 Å². The van der Waals surface area contributed by atoms with E-state index in [1.807, 2.05) is 0 Å². The number of fused-ring (bicyclic) bond motifs is 6. The van der Waals surface area contributed by atoms with E-state index in [2.05, 4.69) is 209 Å². The Labute approximate surface area is 324 Å². The van der Waals surface area contributed by atoms with E-state index in [9.17, 15) is 0 Å². The van der Waals surface area contributed by atoms with Crippen molar-refractivity contribution in [3.8, 4) is 22.5 Å². The van der Waals surface area contributed by atoms with E-state index in [1.54, 1.807) is 0 Å². The Morgan fingerprint density at radius 1 is 0.464 bits per heavy atom. The summed E-state index contributed by atoms with van der Waals surface area (Å²) in [5, 5.41) is 8.59. The molecule has 11 rings (SSSR count). The van der Waals surface area contributed by atoms with E-state index in [4.69, 9.17) is 9.98 Å². The summed E-state index contributed by atoms with van der Waals surface area (Å²) in [5.74, 6) is 1.92. The summed E-state index contributed by atoms with van der Waals surface area (Å²) >= 11 is 0. The highest BCUT2D eigenvalue weighted by molar-refractivity contribution is 6.19. The van der Waals surface area contributed by atoms with Gasteiger partial charge in [0.1, 0.15) is 11.7 Å². The molecule has 5 heteroatoms. The van der Waals surface area contributed by atoms with Crippen LogP contribution in [0, 0.1) is 5.92 Å². The van der Waals surface area contributed by atoms with Crippen LogP contribution in [-0.4, -0.2) is 20.8 Å². The Bertz CT molecular complexity index is 3070. The molecular weight excluding hydrogens is 683 g/mol. The van der Waals surface area contributed by atoms with Crippen LogP contribution in [-0.2, 0) is 0 Å². The average Bonchev–Trinajstić information content (AvgIpc) is 3.78. The van der Waals surface area contributed by atoms with Gasteiger partial charge in [0, 0.05) is 50.0 Å². The zero-order valence-electron chi connectivity index (χ0n) is 30.6. The van der Waals surface area contributed by atoms with Crippen molar-refractivity contribution in [2.24, 2.45) is 15.9 Å². The zero-order chi connectivity index (χ0) is 37.0. The first-order chi connectivity index (χ1) is 27.8. The standard InChI is InChI=1S/C51H37N5/c1-4-15-34(16-5-1)35-27-29-37(30-28-35)50-52-49(36-17-6-2-7-18-36)53-51(54-50)38-19-14-22-40(31-38)56-46-26-13-11-24-42(46)44-32-43-41-23-10-12-25-45(41)55(47(43)33-48(44)56)39-20-8-3-9-21-39/h1-17,19-33,36,51H,18H2,(H,52,53,54). The number of aromatic nitrogens is 2. The quantitative estimate of drug-likeness (QED) is 0.183. The normalized spacial score (nSPS) is 16.7. The van der Waals surface area contributed by atoms with E-state index in [0.717, 1.165) is 46.1 Å². The molecule has 266 valence electrons. The molecule has 56 heavy (non-hydrogen) atoms. The van der Waals surface area contributed by atoms with Gasteiger partial charge in [-0.15, -0.1) is 0 Å². The van der Waals surface area contributed by atoms with Gasteiger partial charge in [-0.1, -0.05) is 146 Å². The summed E-state index contributed by atoms with van der Waals surface area (Å²) in [7, 11) is 0. The molecule has 0 amide bonds. The maximum Gasteiger partial charge on any atom is 0.169 e. The fraction of sp³-hybridized carbons (Fsp3) is 0.0588. The van der Waals surface area contributed by atoms with Gasteiger partial charge in [0.05, 0.1) is 22.1 Å². The first kappa shape index (κ1) is 32.2. The molecule has 2 atom stereocenters. The molecule has 2 aliphatic rings. The molecule has 7 aromatic carbocycles. The molecule has 2 aromatic heterocycles. The number of aliphatic imine (C=N–C) groups is 2. The Hall–Kier alpha value is -7.24. The smallest absolute Gasteiger partial charge is 0.169 e. The second-order valence-electron chi connectivity index (χ2n) is 14.6. The molecule has 0 saturated heterocycles. The lowest BCUT2D eigenvalue weighted by Gasteiger charge is -2.26. The molecule has 2 unspecified atom stereocenters. The monoisotopic (exact) mass is 719 g/mol. The topological polar surface area (TPSA) is 46.6 Å². The number of para-hydroxylation sites is 3. The average molecular weight is 720 g/mol. The van der Waals surface area contributed by atoms with Crippen molar-refractivity contribution in [3.63, 3.8) is 0 Å². The fourth-order valence-corrected chi connectivity index (χ4v) is 8.58. The molecule has 0 spiro atoms. The third-order valence-electron chi connectivity index (χ3n) is 11.3. The number of nitrogens with zero attached hydrogens (tertiary/aromatic N) is 4. The lowest BCUT2D eigenvalue weighted by molar-refractivity contribution is 0.720. The molecule has 1 aliphatic heterocycles. The largest absolute Gasteiger partial charge is 0.328 e. The maximum atomic E-state index is 5.29. The molecule has 0 radical (unpaired) electrons. The first-order valence-electron chi connectivity index (χ1n) is 19.3. The third-order valence-corrected chi connectivity index (χ3v) is 11.3. The number of amidine groups is 2. The number of nitrogens with one attached hydrogen (secondary N) is 1. The number of benzene rings is 7. The Balaban J connectivity index is 1.07. The van der Waals surface area contributed by atoms with E-state index in [0.29, 0.717) is 0 Å². The van der Waals surface area contributed by atoms with Gasteiger partial charge in [-0.05, 0) is 66.1 Å². The van der Waals surface area contributed by atoms with Crippen LogP contribution in [0.15, 0.2) is 204 Å². The van der Waals surface area contributed by atoms with Crippen LogP contribution in [0.4, 0.5) is 0 Å². The van der Waals surface area contributed by atoms with Crippen molar-refractivity contribution < 1.29 is 0 Å². The predicted molar refractivity (Wildman–Crippen MR) is 233 cm³/mol. The predicted octanol–water partition coefficient (Wildman–Crippen LogP) is 12.1. The van der Waals surface area contributed by atoms with Crippen LogP contribution in [0.1, 0.15) is 23.7 Å². The van der Waals surface area contributed by atoms with E-state index < -0.39 is 6.17 Å². The molecule has 1 aliphatic carbocycles. The lowest BCUT2D eigenvalue weighted by atomic mass is 9.98. The summed E-state index contributed by atoms with van der Waals surface area (Å²) in [4.78, 5) is 10.6. The van der Waals surface area contributed by atoms with Crippen molar-refractivity contribution in [1.29, 1.82) is 0 Å². The second kappa shape index (κ2) is 13.3. The number of allylic oxidation sites excluding steroid dienone is 3. The van der Waals surface area contributed by atoms with Crippen LogP contribution in [0.3, 0.4) is 0 Å². The van der Waals surface area contributed by atoms with Crippen molar-refractivity contribution in [1.82, 2.24) is 14.5 Å². The minimum absolute atomic E-state index is 0.149. The number of rotatable bonds is 6. The van der Waals surface area contributed by atoms with Crippen molar-refractivity contribution in [2.45, 2.75) is 12.6 Å². The molecule has 0 saturated carbocycles. The van der Waals surface area contributed by atoms with Crippen LogP contribution >= 0.6 is 0 Å².